The maximum Gasteiger partial charge on any atom is 0.147 e. The Morgan fingerprint density at radius 1 is 0.750 bits per heavy atom. The zero-order chi connectivity index (χ0) is 16.2. The maximum absolute atomic E-state index is 5.93. The first-order chi connectivity index (χ1) is 11.9. The molecular formula is C21H16N2O. The fourth-order valence-electron chi connectivity index (χ4n) is 2.69. The third-order valence-corrected chi connectivity index (χ3v) is 3.84. The molecule has 0 atom stereocenters. The molecule has 0 radical (unpaired) electrons. The summed E-state index contributed by atoms with van der Waals surface area (Å²) >= 11 is 0. The Kier molecular flexibility index (Phi) is 3.82. The second-order valence-corrected chi connectivity index (χ2v) is 5.46. The van der Waals surface area contributed by atoms with Crippen LogP contribution in [0.25, 0.3) is 22.1 Å². The molecule has 1 aromatic heterocycles. The van der Waals surface area contributed by atoms with Gasteiger partial charge in [0.05, 0.1) is 11.9 Å². The number of nitrogens with one attached hydrogen (secondary N) is 1. The molecule has 3 aromatic carbocycles. The summed E-state index contributed by atoms with van der Waals surface area (Å²) in [4.78, 5) is 0. The number of furan rings is 1. The van der Waals surface area contributed by atoms with Crippen molar-refractivity contribution >= 4 is 22.7 Å². The van der Waals surface area contributed by atoms with Crippen molar-refractivity contribution in [3.05, 3.63) is 90.7 Å². The zero-order valence-electron chi connectivity index (χ0n) is 13.0. The maximum atomic E-state index is 5.93. The summed E-state index contributed by atoms with van der Waals surface area (Å²) in [6.45, 7) is 0. The highest BCUT2D eigenvalue weighted by Gasteiger charge is 2.07. The summed E-state index contributed by atoms with van der Waals surface area (Å²) in [6, 6.07) is 28.2. The number of anilines is 1. The molecule has 3 nitrogen and oxygen atoms in total. The topological polar surface area (TPSA) is 37.5 Å². The third kappa shape index (κ3) is 2.92. The number of nitrogens with zero attached hydrogens (tertiary/aromatic N) is 1. The Bertz CT molecular complexity index is 982. The van der Waals surface area contributed by atoms with E-state index in [2.05, 4.69) is 34.8 Å². The molecule has 0 aliphatic rings. The molecule has 116 valence electrons. The van der Waals surface area contributed by atoms with E-state index in [9.17, 15) is 0 Å². The number of fused-ring (bicyclic) bond motifs is 1. The van der Waals surface area contributed by atoms with E-state index in [0.29, 0.717) is 5.76 Å². The molecule has 0 bridgehead atoms. The Balaban J connectivity index is 1.58. The van der Waals surface area contributed by atoms with Crippen molar-refractivity contribution in [2.24, 2.45) is 5.10 Å². The first-order valence-electron chi connectivity index (χ1n) is 7.82. The Hall–Kier alpha value is -3.33. The van der Waals surface area contributed by atoms with Crippen molar-refractivity contribution in [3.8, 4) is 11.3 Å². The summed E-state index contributed by atoms with van der Waals surface area (Å²) in [7, 11) is 0. The van der Waals surface area contributed by atoms with Crippen LogP contribution in [0.5, 0.6) is 0 Å². The third-order valence-electron chi connectivity index (χ3n) is 3.84. The quantitative estimate of drug-likeness (QED) is 0.396. The van der Waals surface area contributed by atoms with Gasteiger partial charge < -0.3 is 4.42 Å². The molecular weight excluding hydrogens is 296 g/mol. The van der Waals surface area contributed by atoms with Crippen LogP contribution in [0.4, 0.5) is 5.69 Å². The van der Waals surface area contributed by atoms with Crippen LogP contribution < -0.4 is 5.43 Å². The fraction of sp³-hybridized carbons (Fsp3) is 0. The van der Waals surface area contributed by atoms with Gasteiger partial charge in [0, 0.05) is 5.56 Å². The highest BCUT2D eigenvalue weighted by molar-refractivity contribution is 5.95. The van der Waals surface area contributed by atoms with Crippen LogP contribution in [-0.2, 0) is 0 Å². The van der Waals surface area contributed by atoms with Gasteiger partial charge in [-0.2, -0.15) is 5.10 Å². The second-order valence-electron chi connectivity index (χ2n) is 5.46. The molecule has 0 spiro atoms. The molecule has 4 rings (SSSR count). The lowest BCUT2D eigenvalue weighted by Gasteiger charge is -2.03. The van der Waals surface area contributed by atoms with Crippen molar-refractivity contribution < 1.29 is 4.42 Å². The minimum atomic E-state index is 0.710. The van der Waals surface area contributed by atoms with Gasteiger partial charge in [0.2, 0.25) is 0 Å². The summed E-state index contributed by atoms with van der Waals surface area (Å²) in [5.74, 6) is 1.55. The highest BCUT2D eigenvalue weighted by Crippen LogP contribution is 2.29. The predicted molar refractivity (Wildman–Crippen MR) is 99.3 cm³/mol. The Morgan fingerprint density at radius 2 is 1.54 bits per heavy atom. The number of para-hydroxylation sites is 1. The lowest BCUT2D eigenvalue weighted by Crippen LogP contribution is -1.88. The molecule has 24 heavy (non-hydrogen) atoms. The number of benzene rings is 3. The Morgan fingerprint density at radius 3 is 2.46 bits per heavy atom. The van der Waals surface area contributed by atoms with Gasteiger partial charge in [0.1, 0.15) is 11.5 Å². The number of hydrazone groups is 1. The van der Waals surface area contributed by atoms with Gasteiger partial charge in [0.25, 0.3) is 0 Å². The van der Waals surface area contributed by atoms with E-state index >= 15 is 0 Å². The minimum Gasteiger partial charge on any atom is -0.455 e. The smallest absolute Gasteiger partial charge is 0.147 e. The van der Waals surface area contributed by atoms with E-state index in [1.54, 1.807) is 6.21 Å². The van der Waals surface area contributed by atoms with Crippen molar-refractivity contribution in [1.29, 1.82) is 0 Å². The van der Waals surface area contributed by atoms with Crippen LogP contribution in [0, 0.1) is 0 Å². The zero-order valence-corrected chi connectivity index (χ0v) is 13.0. The van der Waals surface area contributed by atoms with Gasteiger partial charge in [-0.15, -0.1) is 0 Å². The normalized spacial score (nSPS) is 11.2. The van der Waals surface area contributed by atoms with Crippen LogP contribution in [0.2, 0.25) is 0 Å². The van der Waals surface area contributed by atoms with Crippen molar-refractivity contribution in [2.75, 3.05) is 5.43 Å². The van der Waals surface area contributed by atoms with Crippen LogP contribution in [0.15, 0.2) is 94.4 Å². The monoisotopic (exact) mass is 312 g/mol. The van der Waals surface area contributed by atoms with Gasteiger partial charge in [-0.3, -0.25) is 5.43 Å². The molecule has 1 N–H and O–H groups in total. The van der Waals surface area contributed by atoms with Crippen LogP contribution in [-0.4, -0.2) is 6.21 Å². The Labute approximate surface area is 140 Å². The standard InChI is InChI=1S/C21H16N2O/c1-2-9-17(10-3-1)23-22-15-18-13-14-21(24-18)20-12-6-8-16-7-4-5-11-19(16)20/h1-15,23H/b22-15+. The summed E-state index contributed by atoms with van der Waals surface area (Å²) < 4.78 is 5.93. The van der Waals surface area contributed by atoms with E-state index in [-0.39, 0.29) is 0 Å². The van der Waals surface area contributed by atoms with Crippen molar-refractivity contribution in [3.63, 3.8) is 0 Å². The SMILES string of the molecule is C(=N\Nc1ccccc1)/c1ccc(-c2cccc3ccccc23)o1. The first-order valence-corrected chi connectivity index (χ1v) is 7.82. The highest BCUT2D eigenvalue weighted by atomic mass is 16.3. The van der Waals surface area contributed by atoms with E-state index in [1.807, 2.05) is 60.7 Å². The van der Waals surface area contributed by atoms with Gasteiger partial charge in [-0.25, -0.2) is 0 Å². The average Bonchev–Trinajstić information content (AvgIpc) is 3.11. The fourth-order valence-corrected chi connectivity index (χ4v) is 2.69. The van der Waals surface area contributed by atoms with E-state index < -0.39 is 0 Å². The summed E-state index contributed by atoms with van der Waals surface area (Å²) in [6.07, 6.45) is 1.68. The average molecular weight is 312 g/mol. The molecule has 3 heteroatoms. The van der Waals surface area contributed by atoms with Gasteiger partial charge >= 0.3 is 0 Å². The van der Waals surface area contributed by atoms with E-state index in [0.717, 1.165) is 17.0 Å². The molecule has 0 aliphatic heterocycles. The molecule has 0 aliphatic carbocycles. The largest absolute Gasteiger partial charge is 0.455 e. The van der Waals surface area contributed by atoms with Gasteiger partial charge in [-0.05, 0) is 35.0 Å². The van der Waals surface area contributed by atoms with Gasteiger partial charge in [0.15, 0.2) is 0 Å². The first kappa shape index (κ1) is 14.3. The molecule has 0 unspecified atom stereocenters. The molecule has 4 aromatic rings. The summed E-state index contributed by atoms with van der Waals surface area (Å²) in [5, 5.41) is 6.59. The van der Waals surface area contributed by atoms with Crippen LogP contribution >= 0.6 is 0 Å². The lowest BCUT2D eigenvalue weighted by atomic mass is 10.0. The van der Waals surface area contributed by atoms with Crippen LogP contribution in [0.3, 0.4) is 0 Å². The molecule has 0 saturated heterocycles. The molecule has 0 fully saturated rings. The molecule has 0 saturated carbocycles. The van der Waals surface area contributed by atoms with E-state index in [4.69, 9.17) is 4.42 Å². The van der Waals surface area contributed by atoms with E-state index in [1.165, 1.54) is 10.8 Å². The van der Waals surface area contributed by atoms with Gasteiger partial charge in [-0.1, -0.05) is 60.7 Å². The number of rotatable bonds is 4. The predicted octanol–water partition coefficient (Wildman–Crippen LogP) is 5.55. The molecule has 0 amide bonds. The second kappa shape index (κ2) is 6.42. The van der Waals surface area contributed by atoms with Crippen molar-refractivity contribution in [2.45, 2.75) is 0 Å². The number of hydrogen-bond acceptors (Lipinski definition) is 3. The van der Waals surface area contributed by atoms with Crippen LogP contribution in [0.1, 0.15) is 5.76 Å². The molecule has 1 heterocycles. The number of hydrogen-bond donors (Lipinski definition) is 1. The summed E-state index contributed by atoms with van der Waals surface area (Å²) in [5.41, 5.74) is 5.01. The minimum absolute atomic E-state index is 0.710. The lowest BCUT2D eigenvalue weighted by molar-refractivity contribution is 0.575. The van der Waals surface area contributed by atoms with Crippen molar-refractivity contribution in [1.82, 2.24) is 0 Å².